The number of carbonyl (C=O) groups excluding carboxylic acids is 2. The monoisotopic (exact) mass is 461 g/mol. The number of para-hydroxylation sites is 1. The zero-order chi connectivity index (χ0) is 23.5. The smallest absolute Gasteiger partial charge is 0.271 e. The van der Waals surface area contributed by atoms with Crippen LogP contribution in [0, 0.1) is 21.4 Å². The van der Waals surface area contributed by atoms with Crippen LogP contribution in [-0.2, 0) is 15.0 Å². The fourth-order valence-corrected chi connectivity index (χ4v) is 5.27. The Bertz CT molecular complexity index is 1390. The third kappa shape index (κ3) is 2.64. The van der Waals surface area contributed by atoms with E-state index < -0.39 is 16.2 Å². The van der Waals surface area contributed by atoms with E-state index in [1.165, 1.54) is 23.1 Å². The number of nitrogens with zero attached hydrogens (tertiary/aromatic N) is 3. The SMILES string of the molecule is N#CC1=C(N)N(c2ccc([N+](=O)[O-])cc2Cl)C2=C(C(=O)CCC2)C12C(=O)Nc1ccccc12. The van der Waals surface area contributed by atoms with Gasteiger partial charge in [0.05, 0.1) is 21.2 Å². The maximum absolute atomic E-state index is 13.5. The van der Waals surface area contributed by atoms with Gasteiger partial charge in [-0.25, -0.2) is 0 Å². The summed E-state index contributed by atoms with van der Waals surface area (Å²) in [5, 5.41) is 24.2. The molecule has 1 atom stereocenters. The summed E-state index contributed by atoms with van der Waals surface area (Å²) in [4.78, 5) is 38.9. The number of Topliss-reactive ketones (excluding diaryl/α,β-unsaturated/α-hetero) is 1. The maximum atomic E-state index is 13.5. The molecular formula is C23H16ClN5O4. The minimum atomic E-state index is -1.66. The van der Waals surface area contributed by atoms with E-state index in [1.54, 1.807) is 24.3 Å². The molecule has 1 aliphatic carbocycles. The highest BCUT2D eigenvalue weighted by molar-refractivity contribution is 6.33. The van der Waals surface area contributed by atoms with E-state index in [0.717, 1.165) is 0 Å². The lowest BCUT2D eigenvalue weighted by atomic mass is 9.64. The lowest BCUT2D eigenvalue weighted by molar-refractivity contribution is -0.384. The lowest BCUT2D eigenvalue weighted by Gasteiger charge is -2.43. The summed E-state index contributed by atoms with van der Waals surface area (Å²) >= 11 is 6.40. The number of nitro groups is 1. The molecule has 0 saturated heterocycles. The predicted octanol–water partition coefficient (Wildman–Crippen LogP) is 3.66. The fourth-order valence-electron chi connectivity index (χ4n) is 5.01. The van der Waals surface area contributed by atoms with Crippen molar-refractivity contribution < 1.29 is 14.5 Å². The van der Waals surface area contributed by atoms with Gasteiger partial charge >= 0.3 is 0 Å². The van der Waals surface area contributed by atoms with Gasteiger partial charge in [-0.15, -0.1) is 0 Å². The van der Waals surface area contributed by atoms with Crippen molar-refractivity contribution in [2.45, 2.75) is 24.7 Å². The number of nitriles is 1. The molecule has 2 aromatic carbocycles. The minimum absolute atomic E-state index is 0.0292. The Labute approximate surface area is 192 Å². The van der Waals surface area contributed by atoms with Crippen molar-refractivity contribution in [3.8, 4) is 6.07 Å². The van der Waals surface area contributed by atoms with Crippen molar-refractivity contribution in [3.05, 3.63) is 85.8 Å². The lowest BCUT2D eigenvalue weighted by Crippen LogP contribution is -2.50. The number of allylic oxidation sites excluding steroid dienone is 1. The van der Waals surface area contributed by atoms with Crippen molar-refractivity contribution in [3.63, 3.8) is 0 Å². The van der Waals surface area contributed by atoms with Crippen LogP contribution in [0.15, 0.2) is 65.1 Å². The molecule has 2 aromatic rings. The molecule has 10 heteroatoms. The van der Waals surface area contributed by atoms with Crippen LogP contribution < -0.4 is 16.0 Å². The predicted molar refractivity (Wildman–Crippen MR) is 120 cm³/mol. The van der Waals surface area contributed by atoms with E-state index in [9.17, 15) is 25.0 Å². The van der Waals surface area contributed by atoms with Crippen LogP contribution in [-0.4, -0.2) is 16.6 Å². The second-order valence-corrected chi connectivity index (χ2v) is 8.36. The summed E-state index contributed by atoms with van der Waals surface area (Å²) < 4.78 is 0. The number of hydrogen-bond acceptors (Lipinski definition) is 7. The van der Waals surface area contributed by atoms with Crippen molar-refractivity contribution >= 4 is 40.4 Å². The molecule has 2 heterocycles. The summed E-state index contributed by atoms with van der Waals surface area (Å²) in [7, 11) is 0. The first kappa shape index (κ1) is 20.7. The third-order valence-corrected chi connectivity index (χ3v) is 6.62. The molecule has 1 unspecified atom stereocenters. The summed E-state index contributed by atoms with van der Waals surface area (Å²) in [5.74, 6) is -0.819. The van der Waals surface area contributed by atoms with Gasteiger partial charge in [0, 0.05) is 41.1 Å². The summed E-state index contributed by atoms with van der Waals surface area (Å²) in [6.45, 7) is 0. The number of rotatable bonds is 2. The Morgan fingerprint density at radius 2 is 1.97 bits per heavy atom. The van der Waals surface area contributed by atoms with Crippen LogP contribution in [0.2, 0.25) is 5.02 Å². The number of hydrogen-bond donors (Lipinski definition) is 2. The van der Waals surface area contributed by atoms with Crippen molar-refractivity contribution in [2.75, 3.05) is 10.2 Å². The summed E-state index contributed by atoms with van der Waals surface area (Å²) in [5.41, 5.74) is 6.51. The number of nitrogens with two attached hydrogens (primary N) is 1. The average molecular weight is 462 g/mol. The molecule has 0 radical (unpaired) electrons. The van der Waals surface area contributed by atoms with E-state index in [4.69, 9.17) is 17.3 Å². The van der Waals surface area contributed by atoms with Gasteiger partial charge in [0.15, 0.2) is 5.78 Å². The number of nitro benzene ring substituents is 1. The number of halogens is 1. The number of fused-ring (bicyclic) bond motifs is 3. The molecule has 0 fully saturated rings. The van der Waals surface area contributed by atoms with Crippen LogP contribution in [0.5, 0.6) is 0 Å². The Kier molecular flexibility index (Phi) is 4.51. The number of amides is 1. The molecule has 1 amide bonds. The Morgan fingerprint density at radius 1 is 1.21 bits per heavy atom. The molecule has 0 saturated carbocycles. The second-order valence-electron chi connectivity index (χ2n) is 7.95. The molecule has 1 spiro atoms. The van der Waals surface area contributed by atoms with E-state index in [2.05, 4.69) is 11.4 Å². The number of benzene rings is 2. The molecule has 0 aromatic heterocycles. The van der Waals surface area contributed by atoms with Crippen LogP contribution in [0.1, 0.15) is 24.8 Å². The largest absolute Gasteiger partial charge is 0.384 e. The number of carbonyl (C=O) groups is 2. The first-order chi connectivity index (χ1) is 15.8. The van der Waals surface area contributed by atoms with E-state index in [0.29, 0.717) is 29.8 Å². The van der Waals surface area contributed by atoms with Gasteiger partial charge in [-0.1, -0.05) is 29.8 Å². The third-order valence-electron chi connectivity index (χ3n) is 6.32. The van der Waals surface area contributed by atoms with Crippen molar-refractivity contribution in [2.24, 2.45) is 5.73 Å². The van der Waals surface area contributed by atoms with Crippen molar-refractivity contribution in [1.82, 2.24) is 0 Å². The van der Waals surface area contributed by atoms with Gasteiger partial charge in [-0.2, -0.15) is 5.26 Å². The zero-order valence-electron chi connectivity index (χ0n) is 17.1. The van der Waals surface area contributed by atoms with E-state index >= 15 is 0 Å². The molecule has 3 aliphatic rings. The maximum Gasteiger partial charge on any atom is 0.271 e. The average Bonchev–Trinajstić information content (AvgIpc) is 3.07. The van der Waals surface area contributed by atoms with Gasteiger partial charge in [-0.3, -0.25) is 24.6 Å². The summed E-state index contributed by atoms with van der Waals surface area (Å²) in [6.07, 6.45) is 1.15. The molecular weight excluding hydrogens is 446 g/mol. The van der Waals surface area contributed by atoms with Gasteiger partial charge in [0.1, 0.15) is 17.3 Å². The molecule has 2 aliphatic heterocycles. The highest BCUT2D eigenvalue weighted by atomic mass is 35.5. The van der Waals surface area contributed by atoms with Crippen LogP contribution in [0.25, 0.3) is 0 Å². The highest BCUT2D eigenvalue weighted by Gasteiger charge is 2.60. The zero-order valence-corrected chi connectivity index (χ0v) is 17.8. The second kappa shape index (κ2) is 7.18. The Morgan fingerprint density at radius 3 is 2.67 bits per heavy atom. The molecule has 9 nitrogen and oxygen atoms in total. The molecule has 33 heavy (non-hydrogen) atoms. The summed E-state index contributed by atoms with van der Waals surface area (Å²) in [6, 6.07) is 12.9. The number of ketones is 1. The number of non-ortho nitro benzene ring substituents is 1. The molecule has 164 valence electrons. The minimum Gasteiger partial charge on any atom is -0.384 e. The first-order valence-electron chi connectivity index (χ1n) is 10.1. The molecule has 3 N–H and O–H groups in total. The number of anilines is 2. The van der Waals surface area contributed by atoms with Crippen LogP contribution in [0.3, 0.4) is 0 Å². The van der Waals surface area contributed by atoms with E-state index in [-0.39, 0.29) is 45.6 Å². The standard InChI is InChI=1S/C23H16ClN5O4/c24-15-10-12(29(32)33)8-9-17(15)28-18-6-3-7-19(30)20(18)23(14(11-25)21(28)26)13-4-1-2-5-16(13)27-22(23)31/h1-2,4-5,8-10H,3,6-7,26H2,(H,27,31). The normalized spacial score (nSPS) is 21.6. The van der Waals surface area contributed by atoms with Gasteiger partial charge in [0.25, 0.3) is 5.69 Å². The van der Waals surface area contributed by atoms with Gasteiger partial charge in [-0.05, 0) is 25.0 Å². The first-order valence-corrected chi connectivity index (χ1v) is 10.5. The Balaban J connectivity index is 1.85. The Hall–Kier alpha value is -4.16. The molecule has 5 rings (SSSR count). The van der Waals surface area contributed by atoms with Crippen molar-refractivity contribution in [1.29, 1.82) is 5.26 Å². The van der Waals surface area contributed by atoms with Gasteiger partial charge in [0.2, 0.25) is 5.91 Å². The fraction of sp³-hybridized carbons (Fsp3) is 0.174. The van der Waals surface area contributed by atoms with E-state index in [1.807, 2.05) is 0 Å². The van der Waals surface area contributed by atoms with Crippen LogP contribution in [0.4, 0.5) is 17.1 Å². The van der Waals surface area contributed by atoms with Gasteiger partial charge < -0.3 is 11.1 Å². The molecule has 0 bridgehead atoms. The number of nitrogens with one attached hydrogen (secondary N) is 1. The highest BCUT2D eigenvalue weighted by Crippen LogP contribution is 2.55. The topological polar surface area (TPSA) is 142 Å². The van der Waals surface area contributed by atoms with Crippen LogP contribution >= 0.6 is 11.6 Å². The quantitative estimate of drug-likeness (QED) is 0.513.